The van der Waals surface area contributed by atoms with Crippen molar-refractivity contribution in [1.29, 1.82) is 0 Å². The fraction of sp³-hybridized carbons (Fsp3) is 0.368. The third-order valence-corrected chi connectivity index (χ3v) is 4.02. The summed E-state index contributed by atoms with van der Waals surface area (Å²) in [6, 6.07) is 13.0. The quantitative estimate of drug-likeness (QED) is 0.882. The van der Waals surface area contributed by atoms with Gasteiger partial charge in [0.15, 0.2) is 0 Å². The molecule has 0 fully saturated rings. The van der Waals surface area contributed by atoms with Crippen molar-refractivity contribution in [2.75, 3.05) is 13.7 Å². The molecule has 2 aromatic rings. The number of nitrogens with one attached hydrogen (secondary N) is 1. The predicted octanol–water partition coefficient (Wildman–Crippen LogP) is 4.32. The van der Waals surface area contributed by atoms with Gasteiger partial charge in [-0.05, 0) is 57.5 Å². The van der Waals surface area contributed by atoms with Crippen LogP contribution in [0.25, 0.3) is 0 Å². The maximum Gasteiger partial charge on any atom is 0.124 e. The third kappa shape index (κ3) is 3.27. The van der Waals surface area contributed by atoms with Crippen molar-refractivity contribution in [3.05, 3.63) is 64.2 Å². The van der Waals surface area contributed by atoms with Crippen molar-refractivity contribution in [1.82, 2.24) is 5.32 Å². The molecular formula is C19H25NO. The zero-order valence-corrected chi connectivity index (χ0v) is 13.7. The van der Waals surface area contributed by atoms with E-state index in [0.29, 0.717) is 6.61 Å². The molecule has 0 saturated heterocycles. The number of benzene rings is 2. The molecule has 0 bridgehead atoms. The molecule has 2 heteroatoms. The zero-order chi connectivity index (χ0) is 15.4. The van der Waals surface area contributed by atoms with Crippen molar-refractivity contribution in [3.63, 3.8) is 0 Å². The summed E-state index contributed by atoms with van der Waals surface area (Å²) < 4.78 is 5.83. The minimum Gasteiger partial charge on any atom is -0.494 e. The number of hydrogen-bond donors (Lipinski definition) is 1. The Morgan fingerprint density at radius 1 is 1.05 bits per heavy atom. The van der Waals surface area contributed by atoms with Gasteiger partial charge in [0.2, 0.25) is 0 Å². The highest BCUT2D eigenvalue weighted by Gasteiger charge is 2.19. The lowest BCUT2D eigenvalue weighted by molar-refractivity contribution is 0.334. The Morgan fingerprint density at radius 3 is 2.48 bits per heavy atom. The lowest BCUT2D eigenvalue weighted by Gasteiger charge is -2.23. The average Bonchev–Trinajstić information content (AvgIpc) is 2.47. The van der Waals surface area contributed by atoms with Crippen molar-refractivity contribution in [2.45, 2.75) is 33.7 Å². The molecule has 1 atom stereocenters. The van der Waals surface area contributed by atoms with Crippen LogP contribution in [0.1, 0.15) is 40.8 Å². The van der Waals surface area contributed by atoms with Crippen molar-refractivity contribution in [3.8, 4) is 5.75 Å². The maximum absolute atomic E-state index is 5.83. The van der Waals surface area contributed by atoms with E-state index in [-0.39, 0.29) is 6.04 Å². The van der Waals surface area contributed by atoms with Crippen molar-refractivity contribution >= 4 is 0 Å². The SMILES string of the molecule is CCOc1ccc(C)cc1C(NC)c1cccc(C)c1C. The lowest BCUT2D eigenvalue weighted by Crippen LogP contribution is -2.20. The minimum absolute atomic E-state index is 0.145. The summed E-state index contributed by atoms with van der Waals surface area (Å²) in [6.45, 7) is 9.17. The van der Waals surface area contributed by atoms with Crippen LogP contribution >= 0.6 is 0 Å². The van der Waals surface area contributed by atoms with E-state index in [1.54, 1.807) is 0 Å². The van der Waals surface area contributed by atoms with Gasteiger partial charge in [-0.3, -0.25) is 0 Å². The minimum atomic E-state index is 0.145. The first-order chi connectivity index (χ1) is 10.1. The second-order valence-electron chi connectivity index (χ2n) is 5.49. The molecule has 2 rings (SSSR count). The van der Waals surface area contributed by atoms with E-state index in [9.17, 15) is 0 Å². The zero-order valence-electron chi connectivity index (χ0n) is 13.7. The molecule has 0 radical (unpaired) electrons. The first-order valence-electron chi connectivity index (χ1n) is 7.55. The van der Waals surface area contributed by atoms with Crippen molar-refractivity contribution in [2.24, 2.45) is 0 Å². The Hall–Kier alpha value is -1.80. The van der Waals surface area contributed by atoms with E-state index < -0.39 is 0 Å². The molecule has 21 heavy (non-hydrogen) atoms. The molecule has 0 aromatic heterocycles. The summed E-state index contributed by atoms with van der Waals surface area (Å²) in [5, 5.41) is 3.45. The van der Waals surface area contributed by atoms with Crippen LogP contribution in [-0.2, 0) is 0 Å². The summed E-state index contributed by atoms with van der Waals surface area (Å²) in [7, 11) is 2.00. The number of ether oxygens (including phenoxy) is 1. The molecule has 0 spiro atoms. The van der Waals surface area contributed by atoms with Gasteiger partial charge in [-0.15, -0.1) is 0 Å². The molecule has 0 aliphatic heterocycles. The van der Waals surface area contributed by atoms with Gasteiger partial charge < -0.3 is 10.1 Å². The summed E-state index contributed by atoms with van der Waals surface area (Å²) >= 11 is 0. The highest BCUT2D eigenvalue weighted by molar-refractivity contribution is 5.47. The monoisotopic (exact) mass is 283 g/mol. The standard InChI is InChI=1S/C19H25NO/c1-6-21-18-11-10-13(2)12-17(18)19(20-5)16-9-7-8-14(3)15(16)4/h7-12,19-20H,6H2,1-5H3. The van der Waals surface area contributed by atoms with Crippen molar-refractivity contribution < 1.29 is 4.74 Å². The van der Waals surface area contributed by atoms with Gasteiger partial charge in [0.05, 0.1) is 12.6 Å². The molecule has 112 valence electrons. The molecule has 2 aromatic carbocycles. The van der Waals surface area contributed by atoms with E-state index in [1.165, 1.54) is 27.8 Å². The van der Waals surface area contributed by atoms with Crippen LogP contribution in [0, 0.1) is 20.8 Å². The molecule has 0 amide bonds. The summed E-state index contributed by atoms with van der Waals surface area (Å²) in [4.78, 5) is 0. The second-order valence-corrected chi connectivity index (χ2v) is 5.49. The van der Waals surface area contributed by atoms with E-state index in [0.717, 1.165) is 5.75 Å². The van der Waals surface area contributed by atoms with Crippen LogP contribution in [0.3, 0.4) is 0 Å². The Kier molecular flexibility index (Phi) is 5.03. The highest BCUT2D eigenvalue weighted by Crippen LogP contribution is 2.33. The maximum atomic E-state index is 5.83. The topological polar surface area (TPSA) is 21.3 Å². The summed E-state index contributed by atoms with van der Waals surface area (Å²) in [5.74, 6) is 0.961. The summed E-state index contributed by atoms with van der Waals surface area (Å²) in [5.41, 5.74) is 6.41. The van der Waals surface area contributed by atoms with Crippen LogP contribution < -0.4 is 10.1 Å². The van der Waals surface area contributed by atoms with Gasteiger partial charge in [0.1, 0.15) is 5.75 Å². The van der Waals surface area contributed by atoms with Crippen LogP contribution in [0.15, 0.2) is 36.4 Å². The lowest BCUT2D eigenvalue weighted by atomic mass is 9.91. The van der Waals surface area contributed by atoms with Gasteiger partial charge in [0, 0.05) is 5.56 Å². The molecule has 2 nitrogen and oxygen atoms in total. The van der Waals surface area contributed by atoms with Gasteiger partial charge in [-0.1, -0.05) is 35.9 Å². The first-order valence-corrected chi connectivity index (χ1v) is 7.55. The molecule has 1 unspecified atom stereocenters. The molecular weight excluding hydrogens is 258 g/mol. The number of hydrogen-bond acceptors (Lipinski definition) is 2. The number of aryl methyl sites for hydroxylation is 2. The van der Waals surface area contributed by atoms with Crippen LogP contribution in [0.4, 0.5) is 0 Å². The summed E-state index contributed by atoms with van der Waals surface area (Å²) in [6.07, 6.45) is 0. The molecule has 0 heterocycles. The van der Waals surface area contributed by atoms with Crippen LogP contribution in [-0.4, -0.2) is 13.7 Å². The smallest absolute Gasteiger partial charge is 0.124 e. The largest absolute Gasteiger partial charge is 0.494 e. The Balaban J connectivity index is 2.55. The Morgan fingerprint density at radius 2 is 1.81 bits per heavy atom. The number of rotatable bonds is 5. The van der Waals surface area contributed by atoms with Crippen LogP contribution in [0.2, 0.25) is 0 Å². The van der Waals surface area contributed by atoms with Gasteiger partial charge in [0.25, 0.3) is 0 Å². The molecule has 1 N–H and O–H groups in total. The van der Waals surface area contributed by atoms with Gasteiger partial charge in [-0.25, -0.2) is 0 Å². The second kappa shape index (κ2) is 6.77. The van der Waals surface area contributed by atoms with E-state index in [4.69, 9.17) is 4.74 Å². The van der Waals surface area contributed by atoms with E-state index in [2.05, 4.69) is 62.5 Å². The Bertz CT molecular complexity index is 619. The Labute approximate surface area is 128 Å². The van der Waals surface area contributed by atoms with Crippen LogP contribution in [0.5, 0.6) is 5.75 Å². The first kappa shape index (κ1) is 15.6. The molecule has 0 aliphatic rings. The normalized spacial score (nSPS) is 12.2. The molecule has 0 aliphatic carbocycles. The molecule has 0 saturated carbocycles. The average molecular weight is 283 g/mol. The predicted molar refractivity (Wildman–Crippen MR) is 89.2 cm³/mol. The fourth-order valence-corrected chi connectivity index (χ4v) is 2.75. The van der Waals surface area contributed by atoms with Gasteiger partial charge in [-0.2, -0.15) is 0 Å². The third-order valence-electron chi connectivity index (χ3n) is 4.02. The van der Waals surface area contributed by atoms with Gasteiger partial charge >= 0.3 is 0 Å². The van der Waals surface area contributed by atoms with E-state index in [1.807, 2.05) is 14.0 Å². The highest BCUT2D eigenvalue weighted by atomic mass is 16.5. The fourth-order valence-electron chi connectivity index (χ4n) is 2.75. The van der Waals surface area contributed by atoms with E-state index >= 15 is 0 Å².